The summed E-state index contributed by atoms with van der Waals surface area (Å²) in [5.74, 6) is 0. The highest BCUT2D eigenvalue weighted by molar-refractivity contribution is 9.10. The normalized spacial score (nSPS) is 11.9. The average Bonchev–Trinajstić information content (AvgIpc) is 3.06. The first-order valence-electron chi connectivity index (χ1n) is 8.02. The number of hydrogen-bond donors (Lipinski definition) is 1. The van der Waals surface area contributed by atoms with Gasteiger partial charge in [0.2, 0.25) is 0 Å². The minimum Gasteiger partial charge on any atom is -0.356 e. The molecular formula is C20H17BrClN3O. The summed E-state index contributed by atoms with van der Waals surface area (Å²) < 4.78 is 6.43. The van der Waals surface area contributed by atoms with Crippen LogP contribution in [0.25, 0.3) is 22.2 Å². The molecule has 2 heterocycles. The summed E-state index contributed by atoms with van der Waals surface area (Å²) in [5, 5.41) is 5.27. The molecule has 0 aliphatic carbocycles. The van der Waals surface area contributed by atoms with Crippen molar-refractivity contribution in [3.05, 3.63) is 82.6 Å². The molecule has 0 saturated heterocycles. The molecule has 0 radical (unpaired) electrons. The minimum absolute atomic E-state index is 0. The molecule has 0 bridgehead atoms. The van der Waals surface area contributed by atoms with Crippen LogP contribution in [0, 0.1) is 0 Å². The number of hydrogen-bond acceptors (Lipinski definition) is 4. The van der Waals surface area contributed by atoms with E-state index < -0.39 is 0 Å². The number of nitrogens with zero attached hydrogens (tertiary/aromatic N) is 2. The van der Waals surface area contributed by atoms with E-state index in [0.29, 0.717) is 6.42 Å². The molecule has 0 saturated carbocycles. The number of para-hydroxylation sites is 1. The van der Waals surface area contributed by atoms with Crippen molar-refractivity contribution >= 4 is 39.3 Å². The number of fused-ring (bicyclic) bond motifs is 1. The third kappa shape index (κ3) is 3.51. The standard InChI is InChI=1S/C20H16BrN3O.ClH/c21-16-9-5-8-14(17(22)12-13-6-3-4-11-23-13)19(16)20-15-7-1-2-10-18(15)25-24-20;/h1-11,17H,12,22H2;1H. The number of benzene rings is 2. The van der Waals surface area contributed by atoms with Crippen molar-refractivity contribution in [1.82, 2.24) is 10.1 Å². The van der Waals surface area contributed by atoms with Crippen molar-refractivity contribution in [3.8, 4) is 11.3 Å². The van der Waals surface area contributed by atoms with Gasteiger partial charge in [-0.2, -0.15) is 0 Å². The molecule has 6 heteroatoms. The van der Waals surface area contributed by atoms with E-state index in [1.165, 1.54) is 0 Å². The lowest BCUT2D eigenvalue weighted by Crippen LogP contribution is -2.15. The zero-order valence-electron chi connectivity index (χ0n) is 13.8. The highest BCUT2D eigenvalue weighted by Crippen LogP contribution is 2.38. The summed E-state index contributed by atoms with van der Waals surface area (Å²) in [6, 6.07) is 19.5. The number of rotatable bonds is 4. The number of pyridine rings is 1. The molecule has 2 aromatic heterocycles. The SMILES string of the molecule is Cl.NC(Cc1ccccn1)c1cccc(Br)c1-c1noc2ccccc12. The van der Waals surface area contributed by atoms with E-state index in [0.717, 1.165) is 38.0 Å². The molecule has 0 aliphatic rings. The van der Waals surface area contributed by atoms with Gasteiger partial charge in [-0.3, -0.25) is 4.98 Å². The maximum absolute atomic E-state index is 6.53. The molecule has 26 heavy (non-hydrogen) atoms. The lowest BCUT2D eigenvalue weighted by atomic mass is 9.94. The Bertz CT molecular complexity index is 1020. The van der Waals surface area contributed by atoms with Gasteiger partial charge in [0.1, 0.15) is 5.69 Å². The average molecular weight is 431 g/mol. The van der Waals surface area contributed by atoms with E-state index in [4.69, 9.17) is 10.3 Å². The van der Waals surface area contributed by atoms with Gasteiger partial charge in [0.15, 0.2) is 5.58 Å². The van der Waals surface area contributed by atoms with E-state index in [-0.39, 0.29) is 18.4 Å². The van der Waals surface area contributed by atoms with Gasteiger partial charge in [-0.05, 0) is 35.9 Å². The second-order valence-electron chi connectivity index (χ2n) is 5.86. The van der Waals surface area contributed by atoms with Gasteiger partial charge in [0, 0.05) is 39.8 Å². The second kappa shape index (κ2) is 7.99. The smallest absolute Gasteiger partial charge is 0.167 e. The van der Waals surface area contributed by atoms with Gasteiger partial charge in [-0.1, -0.05) is 51.4 Å². The highest BCUT2D eigenvalue weighted by atomic mass is 79.9. The van der Waals surface area contributed by atoms with Crippen molar-refractivity contribution in [1.29, 1.82) is 0 Å². The van der Waals surface area contributed by atoms with Crippen molar-refractivity contribution in [2.24, 2.45) is 5.73 Å². The Morgan fingerprint density at radius 3 is 2.62 bits per heavy atom. The van der Waals surface area contributed by atoms with E-state index in [1.54, 1.807) is 6.20 Å². The van der Waals surface area contributed by atoms with Crippen molar-refractivity contribution in [3.63, 3.8) is 0 Å². The Hall–Kier alpha value is -2.21. The van der Waals surface area contributed by atoms with Crippen LogP contribution in [-0.4, -0.2) is 10.1 Å². The molecule has 0 aliphatic heterocycles. The van der Waals surface area contributed by atoms with Crippen molar-refractivity contribution in [2.75, 3.05) is 0 Å². The van der Waals surface area contributed by atoms with Crippen LogP contribution in [0.5, 0.6) is 0 Å². The van der Waals surface area contributed by atoms with Crippen LogP contribution < -0.4 is 5.73 Å². The van der Waals surface area contributed by atoms with Crippen LogP contribution in [0.3, 0.4) is 0 Å². The van der Waals surface area contributed by atoms with Gasteiger partial charge in [-0.15, -0.1) is 12.4 Å². The third-order valence-corrected chi connectivity index (χ3v) is 4.88. The minimum atomic E-state index is -0.196. The maximum atomic E-state index is 6.53. The monoisotopic (exact) mass is 429 g/mol. The Kier molecular flexibility index (Phi) is 5.71. The first-order valence-corrected chi connectivity index (χ1v) is 8.82. The molecule has 1 unspecified atom stereocenters. The van der Waals surface area contributed by atoms with Gasteiger partial charge in [0.05, 0.1) is 0 Å². The van der Waals surface area contributed by atoms with Crippen LogP contribution in [-0.2, 0) is 6.42 Å². The van der Waals surface area contributed by atoms with Crippen LogP contribution in [0.4, 0.5) is 0 Å². The fraction of sp³-hybridized carbons (Fsp3) is 0.100. The lowest BCUT2D eigenvalue weighted by molar-refractivity contribution is 0.459. The second-order valence-corrected chi connectivity index (χ2v) is 6.72. The summed E-state index contributed by atoms with van der Waals surface area (Å²) in [6.07, 6.45) is 2.44. The van der Waals surface area contributed by atoms with Crippen LogP contribution in [0.1, 0.15) is 17.3 Å². The lowest BCUT2D eigenvalue weighted by Gasteiger charge is -2.16. The quantitative estimate of drug-likeness (QED) is 0.476. The first kappa shape index (κ1) is 18.6. The van der Waals surface area contributed by atoms with Crippen molar-refractivity contribution < 1.29 is 4.52 Å². The van der Waals surface area contributed by atoms with Crippen LogP contribution >= 0.6 is 28.3 Å². The fourth-order valence-electron chi connectivity index (χ4n) is 3.02. The summed E-state index contributed by atoms with van der Waals surface area (Å²) in [4.78, 5) is 4.38. The van der Waals surface area contributed by atoms with Crippen molar-refractivity contribution in [2.45, 2.75) is 12.5 Å². The van der Waals surface area contributed by atoms with Gasteiger partial charge in [0.25, 0.3) is 0 Å². The number of nitrogens with two attached hydrogens (primary N) is 1. The predicted molar refractivity (Wildman–Crippen MR) is 109 cm³/mol. The maximum Gasteiger partial charge on any atom is 0.167 e. The van der Waals surface area contributed by atoms with Gasteiger partial charge < -0.3 is 10.3 Å². The fourth-order valence-corrected chi connectivity index (χ4v) is 3.59. The third-order valence-electron chi connectivity index (χ3n) is 4.21. The molecule has 2 N–H and O–H groups in total. The highest BCUT2D eigenvalue weighted by Gasteiger charge is 2.20. The van der Waals surface area contributed by atoms with Crippen LogP contribution in [0.15, 0.2) is 75.9 Å². The Balaban J connectivity index is 0.00000196. The summed E-state index contributed by atoms with van der Waals surface area (Å²) in [5.41, 5.74) is 11.0. The number of aromatic nitrogens is 2. The zero-order chi connectivity index (χ0) is 17.2. The Labute approximate surface area is 166 Å². The zero-order valence-corrected chi connectivity index (χ0v) is 16.2. The van der Waals surface area contributed by atoms with E-state index in [2.05, 4.69) is 26.1 Å². The van der Waals surface area contributed by atoms with Gasteiger partial charge >= 0.3 is 0 Å². The molecule has 0 fully saturated rings. The van der Waals surface area contributed by atoms with E-state index >= 15 is 0 Å². The molecule has 0 spiro atoms. The van der Waals surface area contributed by atoms with E-state index in [9.17, 15) is 0 Å². The van der Waals surface area contributed by atoms with Crippen LogP contribution in [0.2, 0.25) is 0 Å². The molecule has 4 aromatic rings. The largest absolute Gasteiger partial charge is 0.356 e. The molecule has 2 aromatic carbocycles. The van der Waals surface area contributed by atoms with Gasteiger partial charge in [-0.25, -0.2) is 0 Å². The summed E-state index contributed by atoms with van der Waals surface area (Å²) in [7, 11) is 0. The predicted octanol–water partition coefficient (Wildman–Crippen LogP) is 5.32. The molecule has 0 amide bonds. The Morgan fingerprint density at radius 1 is 1.00 bits per heavy atom. The molecule has 4 nitrogen and oxygen atoms in total. The molecule has 4 rings (SSSR count). The Morgan fingerprint density at radius 2 is 1.81 bits per heavy atom. The topological polar surface area (TPSA) is 64.9 Å². The molecule has 1 atom stereocenters. The number of halogens is 2. The molecule has 132 valence electrons. The van der Waals surface area contributed by atoms with E-state index in [1.807, 2.05) is 60.7 Å². The summed E-state index contributed by atoms with van der Waals surface area (Å²) in [6.45, 7) is 0. The first-order chi connectivity index (χ1) is 12.2. The summed E-state index contributed by atoms with van der Waals surface area (Å²) >= 11 is 3.66. The molecular weight excluding hydrogens is 414 g/mol.